The molecule has 0 bridgehead atoms. The quantitative estimate of drug-likeness (QED) is 0.161. The number of rotatable bonds is 9. The average Bonchev–Trinajstić information content (AvgIpc) is 3.54. The number of amides is 1. The van der Waals surface area contributed by atoms with Crippen LogP contribution in [0, 0.1) is 6.92 Å². The van der Waals surface area contributed by atoms with E-state index in [0.29, 0.717) is 48.0 Å². The molecule has 0 aliphatic carbocycles. The number of aryl methyl sites for hydroxylation is 2. The van der Waals surface area contributed by atoms with E-state index in [1.807, 2.05) is 35.9 Å². The summed E-state index contributed by atoms with van der Waals surface area (Å²) >= 11 is 6.27. The molecule has 4 aromatic rings. The molecule has 1 unspecified atom stereocenters. The van der Waals surface area contributed by atoms with Crippen LogP contribution in [0.15, 0.2) is 97.1 Å². The van der Waals surface area contributed by atoms with Gasteiger partial charge in [0.15, 0.2) is 0 Å². The Labute approximate surface area is 231 Å². The van der Waals surface area contributed by atoms with Gasteiger partial charge in [0.2, 0.25) is 0 Å². The molecule has 0 spiro atoms. The summed E-state index contributed by atoms with van der Waals surface area (Å²) < 4.78 is 7.80. The number of benzene rings is 3. The van der Waals surface area contributed by atoms with Crippen LogP contribution in [0.2, 0.25) is 5.02 Å². The molecule has 8 heteroatoms. The molecule has 39 heavy (non-hydrogen) atoms. The van der Waals surface area contributed by atoms with Gasteiger partial charge in [-0.15, -0.1) is 0 Å². The minimum atomic E-state index is -0.760. The summed E-state index contributed by atoms with van der Waals surface area (Å²) in [5.74, 6) is -0.981. The molecule has 0 saturated carbocycles. The van der Waals surface area contributed by atoms with Crippen LogP contribution in [0.3, 0.4) is 0 Å². The molecule has 5 rings (SSSR count). The van der Waals surface area contributed by atoms with Crippen LogP contribution in [-0.4, -0.2) is 37.8 Å². The molecule has 7 nitrogen and oxygen atoms in total. The van der Waals surface area contributed by atoms with E-state index in [1.54, 1.807) is 61.1 Å². The number of hydrogen-bond acceptors (Lipinski definition) is 5. The van der Waals surface area contributed by atoms with Crippen molar-refractivity contribution in [3.8, 4) is 5.75 Å². The van der Waals surface area contributed by atoms with Gasteiger partial charge < -0.3 is 19.3 Å². The fraction of sp³-hybridized carbons (Fsp3) is 0.194. The van der Waals surface area contributed by atoms with Crippen molar-refractivity contribution in [3.05, 3.63) is 124 Å². The van der Waals surface area contributed by atoms with Crippen LogP contribution in [0.25, 0.3) is 5.76 Å². The minimum absolute atomic E-state index is 0.0401. The molecule has 1 aliphatic heterocycles. The Hall–Kier alpha value is -4.36. The number of aliphatic hydroxyl groups is 1. The summed E-state index contributed by atoms with van der Waals surface area (Å²) in [6, 6.07) is 21.2. The van der Waals surface area contributed by atoms with Gasteiger partial charge in [0.1, 0.15) is 18.1 Å². The Morgan fingerprint density at radius 1 is 1.03 bits per heavy atom. The first-order valence-corrected chi connectivity index (χ1v) is 13.1. The smallest absolute Gasteiger partial charge is 0.295 e. The highest BCUT2D eigenvalue weighted by Gasteiger charge is 2.45. The predicted molar refractivity (Wildman–Crippen MR) is 149 cm³/mol. The number of imidazole rings is 1. The number of aromatic nitrogens is 2. The number of ether oxygens (including phenoxy) is 1. The van der Waals surface area contributed by atoms with Gasteiger partial charge in [0, 0.05) is 36.1 Å². The largest absolute Gasteiger partial charge is 0.507 e. The molecule has 0 radical (unpaired) electrons. The van der Waals surface area contributed by atoms with Gasteiger partial charge in [0.05, 0.1) is 17.9 Å². The van der Waals surface area contributed by atoms with E-state index in [0.717, 1.165) is 11.1 Å². The zero-order chi connectivity index (χ0) is 27.4. The summed E-state index contributed by atoms with van der Waals surface area (Å²) in [7, 11) is 0. The van der Waals surface area contributed by atoms with Gasteiger partial charge in [-0.25, -0.2) is 4.98 Å². The lowest BCUT2D eigenvalue weighted by atomic mass is 9.95. The van der Waals surface area contributed by atoms with Crippen LogP contribution < -0.4 is 4.74 Å². The molecular weight excluding hydrogens is 514 g/mol. The molecular formula is C31H28ClN3O4. The number of Topliss-reactive ketones (excluding diaryl/α,β-unsaturated/α-hetero) is 1. The van der Waals surface area contributed by atoms with Crippen LogP contribution in [0.1, 0.15) is 34.7 Å². The van der Waals surface area contributed by atoms with E-state index in [1.165, 1.54) is 4.90 Å². The average molecular weight is 542 g/mol. The van der Waals surface area contributed by atoms with Crippen molar-refractivity contribution < 1.29 is 19.4 Å². The van der Waals surface area contributed by atoms with Gasteiger partial charge >= 0.3 is 0 Å². The highest BCUT2D eigenvalue weighted by molar-refractivity contribution is 6.46. The predicted octanol–water partition coefficient (Wildman–Crippen LogP) is 5.94. The summed E-state index contributed by atoms with van der Waals surface area (Å²) in [4.78, 5) is 32.0. The van der Waals surface area contributed by atoms with Gasteiger partial charge in [0.25, 0.3) is 11.7 Å². The second-order valence-electron chi connectivity index (χ2n) is 9.50. The molecule has 1 amide bonds. The lowest BCUT2D eigenvalue weighted by Gasteiger charge is -2.25. The van der Waals surface area contributed by atoms with Crippen molar-refractivity contribution in [2.24, 2.45) is 0 Å². The third kappa shape index (κ3) is 5.89. The second kappa shape index (κ2) is 11.6. The molecule has 1 aromatic heterocycles. The van der Waals surface area contributed by atoms with Crippen LogP contribution in [0.4, 0.5) is 0 Å². The summed E-state index contributed by atoms with van der Waals surface area (Å²) in [5, 5.41) is 11.8. The maximum absolute atomic E-state index is 13.3. The number of hydrogen-bond donors (Lipinski definition) is 1. The molecule has 1 fully saturated rings. The van der Waals surface area contributed by atoms with E-state index in [-0.39, 0.29) is 11.3 Å². The van der Waals surface area contributed by atoms with Crippen molar-refractivity contribution in [2.45, 2.75) is 32.5 Å². The number of carbonyl (C=O) groups excluding carboxylic acids is 2. The highest BCUT2D eigenvalue weighted by atomic mass is 35.5. The van der Waals surface area contributed by atoms with E-state index < -0.39 is 17.7 Å². The maximum Gasteiger partial charge on any atom is 0.295 e. The van der Waals surface area contributed by atoms with Crippen molar-refractivity contribution in [3.63, 3.8) is 0 Å². The Kier molecular flexibility index (Phi) is 7.79. The molecule has 198 valence electrons. The summed E-state index contributed by atoms with van der Waals surface area (Å²) in [6.07, 6.45) is 5.85. The minimum Gasteiger partial charge on any atom is -0.507 e. The Morgan fingerprint density at radius 3 is 2.54 bits per heavy atom. The zero-order valence-corrected chi connectivity index (χ0v) is 22.2. The Balaban J connectivity index is 1.41. The van der Waals surface area contributed by atoms with Gasteiger partial charge in [-0.1, -0.05) is 53.6 Å². The second-order valence-corrected chi connectivity index (χ2v) is 9.94. The van der Waals surface area contributed by atoms with Crippen LogP contribution in [-0.2, 0) is 22.7 Å². The van der Waals surface area contributed by atoms with E-state index in [2.05, 4.69) is 11.1 Å². The number of halogens is 1. The van der Waals surface area contributed by atoms with Crippen LogP contribution in [0.5, 0.6) is 5.75 Å². The van der Waals surface area contributed by atoms with Gasteiger partial charge in [-0.3, -0.25) is 9.59 Å². The molecule has 1 saturated heterocycles. The zero-order valence-electron chi connectivity index (χ0n) is 21.5. The van der Waals surface area contributed by atoms with Crippen molar-refractivity contribution in [2.75, 3.05) is 6.54 Å². The number of likely N-dealkylation sites (tertiary alicyclic amines) is 1. The monoisotopic (exact) mass is 541 g/mol. The number of aliphatic hydroxyl groups excluding tert-OH is 1. The van der Waals surface area contributed by atoms with E-state index in [4.69, 9.17) is 16.3 Å². The van der Waals surface area contributed by atoms with Crippen molar-refractivity contribution >= 4 is 29.1 Å². The molecule has 1 atom stereocenters. The first-order chi connectivity index (χ1) is 18.9. The number of nitrogens with zero attached hydrogens (tertiary/aromatic N) is 3. The molecule has 1 N–H and O–H groups in total. The first-order valence-electron chi connectivity index (χ1n) is 12.7. The molecule has 1 aliphatic rings. The highest BCUT2D eigenvalue weighted by Crippen LogP contribution is 2.40. The third-order valence-corrected chi connectivity index (χ3v) is 6.93. The van der Waals surface area contributed by atoms with Gasteiger partial charge in [-0.2, -0.15) is 0 Å². The van der Waals surface area contributed by atoms with E-state index in [9.17, 15) is 14.7 Å². The lowest BCUT2D eigenvalue weighted by molar-refractivity contribution is -0.139. The van der Waals surface area contributed by atoms with Crippen LogP contribution >= 0.6 is 11.6 Å². The summed E-state index contributed by atoms with van der Waals surface area (Å²) in [5.41, 5.74) is 3.32. The summed E-state index contributed by atoms with van der Waals surface area (Å²) in [6.45, 7) is 3.39. The normalized spacial score (nSPS) is 16.6. The van der Waals surface area contributed by atoms with Crippen molar-refractivity contribution in [1.29, 1.82) is 0 Å². The lowest BCUT2D eigenvalue weighted by Crippen LogP contribution is -2.31. The number of ketones is 1. The number of carbonyl (C=O) groups is 2. The third-order valence-electron chi connectivity index (χ3n) is 6.69. The van der Waals surface area contributed by atoms with Crippen molar-refractivity contribution in [1.82, 2.24) is 14.5 Å². The van der Waals surface area contributed by atoms with E-state index >= 15 is 0 Å². The van der Waals surface area contributed by atoms with Gasteiger partial charge in [-0.05, 0) is 60.9 Å². The molecule has 3 aromatic carbocycles. The Morgan fingerprint density at radius 2 is 1.82 bits per heavy atom. The Bertz CT molecular complexity index is 1510. The standard InChI is InChI=1S/C31H28ClN3O4/c1-21-5-2-6-22(17-21)19-39-26-11-9-23(10-12-26)29(36)27-28(24-7-3-8-25(32)18-24)35(31(38)30(27)37)15-4-14-34-16-13-33-20-34/h2-3,5-13,16-18,20,28,36H,4,14-15,19H2,1H3/b29-27+. The maximum atomic E-state index is 13.3. The SMILES string of the molecule is Cc1cccc(COc2ccc(/C(O)=C3\C(=O)C(=O)N(CCCn4ccnc4)C3c3cccc(Cl)c3)cc2)c1. The molecule has 2 heterocycles. The fourth-order valence-corrected chi connectivity index (χ4v) is 5.01. The first kappa shape index (κ1) is 26.3. The topological polar surface area (TPSA) is 84.7 Å². The fourth-order valence-electron chi connectivity index (χ4n) is 4.81.